The van der Waals surface area contributed by atoms with E-state index >= 15 is 0 Å². The van der Waals surface area contributed by atoms with Crippen LogP contribution in [0, 0.1) is 0 Å². The third-order valence-electron chi connectivity index (χ3n) is 4.51. The highest BCUT2D eigenvalue weighted by Crippen LogP contribution is 2.36. The molecule has 0 atom stereocenters. The molecule has 0 spiro atoms. The second kappa shape index (κ2) is 8.46. The van der Waals surface area contributed by atoms with Crippen LogP contribution >= 0.6 is 10.7 Å². The minimum Gasteiger partial charge on any atom is -0.445 e. The summed E-state index contributed by atoms with van der Waals surface area (Å²) in [6.07, 6.45) is -10.7. The predicted octanol–water partition coefficient (Wildman–Crippen LogP) is 4.39. The lowest BCUT2D eigenvalue weighted by Gasteiger charge is -2.20. The molecule has 0 aliphatic carbocycles. The van der Waals surface area contributed by atoms with E-state index < -0.39 is 55.8 Å². The summed E-state index contributed by atoms with van der Waals surface area (Å²) in [5.41, 5.74) is -3.22. The van der Waals surface area contributed by atoms with Gasteiger partial charge in [-0.3, -0.25) is 4.68 Å². The van der Waals surface area contributed by atoms with E-state index in [2.05, 4.69) is 5.10 Å². The van der Waals surface area contributed by atoms with Gasteiger partial charge in [0.15, 0.2) is 5.03 Å². The van der Waals surface area contributed by atoms with Crippen LogP contribution in [0.25, 0.3) is 0 Å². The number of hydrogen-bond donors (Lipinski definition) is 0. The molecule has 0 radical (unpaired) electrons. The number of hydrogen-bond acceptors (Lipinski definition) is 5. The maximum atomic E-state index is 13.0. The van der Waals surface area contributed by atoms with Gasteiger partial charge in [0.2, 0.25) is 0 Å². The summed E-state index contributed by atoms with van der Waals surface area (Å²) in [4.78, 5) is 13.5. The maximum Gasteiger partial charge on any atom is 0.416 e. The number of rotatable bonds is 3. The van der Waals surface area contributed by atoms with E-state index in [-0.39, 0.29) is 25.7 Å². The van der Waals surface area contributed by atoms with E-state index in [1.807, 2.05) is 0 Å². The first kappa shape index (κ1) is 24.2. The van der Waals surface area contributed by atoms with Crippen LogP contribution in [0.4, 0.5) is 31.1 Å². The molecule has 1 aliphatic rings. The highest BCUT2D eigenvalue weighted by molar-refractivity contribution is 8.13. The van der Waals surface area contributed by atoms with Crippen LogP contribution in [0.5, 0.6) is 0 Å². The number of halogens is 7. The first-order valence-corrected chi connectivity index (χ1v) is 11.2. The molecule has 3 rings (SSSR count). The number of benzene rings is 1. The third-order valence-corrected chi connectivity index (χ3v) is 5.68. The average Bonchev–Trinajstić information content (AvgIpc) is 2.97. The van der Waals surface area contributed by atoms with Crippen LogP contribution in [-0.4, -0.2) is 35.7 Å². The van der Waals surface area contributed by atoms with Gasteiger partial charge in [-0.05, 0) is 30.2 Å². The van der Waals surface area contributed by atoms with Crippen molar-refractivity contribution in [2.45, 2.75) is 43.5 Å². The van der Waals surface area contributed by atoms with Gasteiger partial charge in [0.05, 0.1) is 23.4 Å². The van der Waals surface area contributed by atoms with Gasteiger partial charge in [-0.15, -0.1) is 0 Å². The lowest BCUT2D eigenvalue weighted by Crippen LogP contribution is -2.31. The van der Waals surface area contributed by atoms with Gasteiger partial charge in [0.1, 0.15) is 6.61 Å². The quantitative estimate of drug-likeness (QED) is 0.456. The predicted molar refractivity (Wildman–Crippen MR) is 96.9 cm³/mol. The number of fused-ring (bicyclic) bond motifs is 1. The van der Waals surface area contributed by atoms with Crippen molar-refractivity contribution in [3.05, 3.63) is 46.6 Å². The Kier molecular flexibility index (Phi) is 6.39. The van der Waals surface area contributed by atoms with Gasteiger partial charge >= 0.3 is 18.4 Å². The Balaban J connectivity index is 1.76. The van der Waals surface area contributed by atoms with Crippen LogP contribution in [0.3, 0.4) is 0 Å². The van der Waals surface area contributed by atoms with E-state index in [9.17, 15) is 39.6 Å². The zero-order chi connectivity index (χ0) is 23.9. The second-order valence-corrected chi connectivity index (χ2v) is 9.39. The Labute approximate surface area is 181 Å². The van der Waals surface area contributed by atoms with Crippen LogP contribution < -0.4 is 0 Å². The summed E-state index contributed by atoms with van der Waals surface area (Å²) < 4.78 is 107. The largest absolute Gasteiger partial charge is 0.445 e. The molecule has 2 aromatic rings. The molecular weight excluding hydrogens is 492 g/mol. The molecule has 1 aromatic heterocycles. The fourth-order valence-electron chi connectivity index (χ4n) is 3.05. The summed E-state index contributed by atoms with van der Waals surface area (Å²) >= 11 is 0. The highest BCUT2D eigenvalue weighted by Gasteiger charge is 2.37. The molecule has 7 nitrogen and oxygen atoms in total. The molecule has 0 saturated carbocycles. The minimum absolute atomic E-state index is 0.0240. The first-order chi connectivity index (χ1) is 14.6. The van der Waals surface area contributed by atoms with Gasteiger partial charge in [-0.1, -0.05) is 0 Å². The average molecular weight is 506 g/mol. The summed E-state index contributed by atoms with van der Waals surface area (Å²) in [6, 6.07) is 2.08. The van der Waals surface area contributed by atoms with Crippen LogP contribution in [0.15, 0.2) is 29.3 Å². The Morgan fingerprint density at radius 1 is 1.03 bits per heavy atom. The topological polar surface area (TPSA) is 81.5 Å². The minimum atomic E-state index is -5.02. The lowest BCUT2D eigenvalue weighted by atomic mass is 10.1. The Bertz CT molecular complexity index is 1100. The smallest absolute Gasteiger partial charge is 0.416 e. The number of aromatic nitrogens is 2. The van der Waals surface area contributed by atoms with Crippen molar-refractivity contribution in [2.24, 2.45) is 0 Å². The Morgan fingerprint density at radius 2 is 1.62 bits per heavy atom. The van der Waals surface area contributed by atoms with Crippen molar-refractivity contribution >= 4 is 25.8 Å². The number of aryl methyl sites for hydroxylation is 1. The summed E-state index contributed by atoms with van der Waals surface area (Å²) in [6.45, 7) is -0.576. The number of carbonyl (C=O) groups excluding carboxylic acids is 1. The van der Waals surface area contributed by atoms with E-state index in [1.54, 1.807) is 0 Å². The fraction of sp³-hybridized carbons (Fsp3) is 0.412. The maximum absolute atomic E-state index is 13.0. The van der Waals surface area contributed by atoms with Crippen molar-refractivity contribution < 1.29 is 44.3 Å². The third kappa shape index (κ3) is 5.65. The number of amides is 1. The molecule has 1 aromatic carbocycles. The standard InChI is InChI=1S/C17H14ClF6N3O4S/c18-32(29,30)14-7-13-8-26(2-1-3-27(13)25-14)15(28)31-9-10-4-11(16(19,20)21)6-12(5-10)17(22,23)24/h4-7H,1-3,8-9H2. The molecule has 0 N–H and O–H groups in total. The fourth-order valence-corrected chi connectivity index (χ4v) is 3.75. The zero-order valence-electron chi connectivity index (χ0n) is 15.9. The van der Waals surface area contributed by atoms with Gasteiger partial charge in [0, 0.05) is 29.8 Å². The van der Waals surface area contributed by atoms with E-state index in [4.69, 9.17) is 15.4 Å². The molecule has 0 saturated heterocycles. The Hall–Kier alpha value is -2.48. The Morgan fingerprint density at radius 3 is 2.16 bits per heavy atom. The molecule has 15 heteroatoms. The molecule has 1 aliphatic heterocycles. The SMILES string of the molecule is O=C(OCc1cc(C(F)(F)F)cc(C(F)(F)F)c1)N1CCCn2nc(S(=O)(=O)Cl)cc2C1. The van der Waals surface area contributed by atoms with E-state index in [0.29, 0.717) is 24.2 Å². The van der Waals surface area contributed by atoms with Gasteiger partial charge in [0.25, 0.3) is 9.05 Å². The number of ether oxygens (including phenoxy) is 1. The molecule has 1 amide bonds. The van der Waals surface area contributed by atoms with E-state index in [1.165, 1.54) is 4.68 Å². The van der Waals surface area contributed by atoms with Crippen LogP contribution in [0.2, 0.25) is 0 Å². The molecule has 0 bridgehead atoms. The van der Waals surface area contributed by atoms with Crippen LogP contribution in [-0.2, 0) is 45.8 Å². The molecule has 0 unspecified atom stereocenters. The van der Waals surface area contributed by atoms with Crippen molar-refractivity contribution in [2.75, 3.05) is 6.54 Å². The van der Waals surface area contributed by atoms with Crippen molar-refractivity contribution in [1.82, 2.24) is 14.7 Å². The second-order valence-electron chi connectivity index (χ2n) is 6.88. The van der Waals surface area contributed by atoms with E-state index in [0.717, 1.165) is 11.0 Å². The number of carbonyl (C=O) groups is 1. The summed E-state index contributed by atoms with van der Waals surface area (Å²) in [5.74, 6) is 0. The van der Waals surface area contributed by atoms with Gasteiger partial charge < -0.3 is 9.64 Å². The van der Waals surface area contributed by atoms with Crippen molar-refractivity contribution in [1.29, 1.82) is 0 Å². The molecule has 176 valence electrons. The summed E-state index contributed by atoms with van der Waals surface area (Å²) in [7, 11) is 1.15. The molecule has 2 heterocycles. The molecular formula is C17H14ClF6N3O4S. The molecule has 32 heavy (non-hydrogen) atoms. The number of alkyl halides is 6. The zero-order valence-corrected chi connectivity index (χ0v) is 17.4. The van der Waals surface area contributed by atoms with Gasteiger partial charge in [-0.25, -0.2) is 13.2 Å². The van der Waals surface area contributed by atoms with Crippen molar-refractivity contribution in [3.63, 3.8) is 0 Å². The first-order valence-electron chi connectivity index (χ1n) is 8.86. The lowest BCUT2D eigenvalue weighted by molar-refractivity contribution is -0.143. The van der Waals surface area contributed by atoms with Gasteiger partial charge in [-0.2, -0.15) is 31.4 Å². The summed E-state index contributed by atoms with van der Waals surface area (Å²) in [5, 5.41) is 3.43. The molecule has 0 fully saturated rings. The van der Waals surface area contributed by atoms with Crippen molar-refractivity contribution in [3.8, 4) is 0 Å². The normalized spacial score (nSPS) is 15.3. The monoisotopic (exact) mass is 505 g/mol. The highest BCUT2D eigenvalue weighted by atomic mass is 35.7. The number of nitrogens with zero attached hydrogens (tertiary/aromatic N) is 3. The van der Waals surface area contributed by atoms with Crippen LogP contribution in [0.1, 0.15) is 28.8 Å².